The summed E-state index contributed by atoms with van der Waals surface area (Å²) in [5.74, 6) is -1.00. The molecule has 138 valence electrons. The Balaban J connectivity index is 2.00. The van der Waals surface area contributed by atoms with E-state index in [-0.39, 0.29) is 16.5 Å². The van der Waals surface area contributed by atoms with Crippen molar-refractivity contribution in [1.82, 2.24) is 4.90 Å². The molecule has 1 aliphatic heterocycles. The predicted molar refractivity (Wildman–Crippen MR) is 97.9 cm³/mol. The fourth-order valence-corrected chi connectivity index (χ4v) is 4.40. The Labute approximate surface area is 153 Å². The smallest absolute Gasteiger partial charge is 0.264 e. The third-order valence-corrected chi connectivity index (χ3v) is 6.24. The number of halogens is 1. The molecule has 7 heteroatoms. The highest BCUT2D eigenvalue weighted by molar-refractivity contribution is 7.92. The molecule has 0 bridgehead atoms. The normalized spacial score (nSPS) is 14.5. The van der Waals surface area contributed by atoms with Gasteiger partial charge in [-0.05, 0) is 44.0 Å². The van der Waals surface area contributed by atoms with Gasteiger partial charge in [0.25, 0.3) is 10.0 Å². The van der Waals surface area contributed by atoms with Crippen molar-refractivity contribution in [1.29, 1.82) is 0 Å². The lowest BCUT2D eigenvalue weighted by molar-refractivity contribution is -0.128. The SMILES string of the molecule is Cc1ccc(S(=O)(=O)N(CC(=O)N2CCCC2)c2ccccc2F)cc1. The van der Waals surface area contributed by atoms with Crippen molar-refractivity contribution < 1.29 is 17.6 Å². The molecule has 2 aromatic carbocycles. The molecule has 0 N–H and O–H groups in total. The molecule has 0 aliphatic carbocycles. The molecule has 26 heavy (non-hydrogen) atoms. The molecule has 0 unspecified atom stereocenters. The van der Waals surface area contributed by atoms with Crippen LogP contribution in [-0.4, -0.2) is 38.9 Å². The Bertz CT molecular complexity index is 891. The highest BCUT2D eigenvalue weighted by atomic mass is 32.2. The van der Waals surface area contributed by atoms with E-state index in [4.69, 9.17) is 0 Å². The van der Waals surface area contributed by atoms with E-state index < -0.39 is 22.4 Å². The minimum Gasteiger partial charge on any atom is -0.341 e. The number of anilines is 1. The fourth-order valence-electron chi connectivity index (χ4n) is 2.98. The number of carbonyl (C=O) groups excluding carboxylic acids is 1. The number of hydrogen-bond donors (Lipinski definition) is 0. The van der Waals surface area contributed by atoms with Crippen LogP contribution in [0.1, 0.15) is 18.4 Å². The van der Waals surface area contributed by atoms with E-state index >= 15 is 0 Å². The Hall–Kier alpha value is -2.41. The Morgan fingerprint density at radius 1 is 1.08 bits per heavy atom. The van der Waals surface area contributed by atoms with Gasteiger partial charge in [0, 0.05) is 13.1 Å². The number of rotatable bonds is 5. The molecule has 1 fully saturated rings. The second-order valence-electron chi connectivity index (χ2n) is 6.36. The Morgan fingerprint density at radius 3 is 2.31 bits per heavy atom. The first-order valence-corrected chi connectivity index (χ1v) is 9.95. The van der Waals surface area contributed by atoms with Crippen LogP contribution in [0.2, 0.25) is 0 Å². The summed E-state index contributed by atoms with van der Waals surface area (Å²) in [6.07, 6.45) is 1.80. The van der Waals surface area contributed by atoms with Gasteiger partial charge >= 0.3 is 0 Å². The van der Waals surface area contributed by atoms with E-state index in [2.05, 4.69) is 0 Å². The van der Waals surface area contributed by atoms with Gasteiger partial charge < -0.3 is 4.90 Å². The van der Waals surface area contributed by atoms with E-state index in [1.807, 2.05) is 6.92 Å². The molecular weight excluding hydrogens is 355 g/mol. The standard InChI is InChI=1S/C19H21FN2O3S/c1-15-8-10-16(11-9-15)26(24,25)22(18-7-3-2-6-17(18)20)14-19(23)21-12-4-5-13-21/h2-3,6-11H,4-5,12-14H2,1H3. The van der Waals surface area contributed by atoms with Crippen molar-refractivity contribution in [2.75, 3.05) is 23.9 Å². The molecular formula is C19H21FN2O3S. The van der Waals surface area contributed by atoms with Crippen LogP contribution in [0.5, 0.6) is 0 Å². The molecule has 2 aromatic rings. The zero-order chi connectivity index (χ0) is 18.7. The number of para-hydroxylation sites is 1. The summed E-state index contributed by atoms with van der Waals surface area (Å²) in [4.78, 5) is 14.2. The number of nitrogens with zero attached hydrogens (tertiary/aromatic N) is 2. The van der Waals surface area contributed by atoms with Crippen molar-refractivity contribution >= 4 is 21.6 Å². The number of hydrogen-bond acceptors (Lipinski definition) is 3. The zero-order valence-corrected chi connectivity index (χ0v) is 15.4. The second kappa shape index (κ2) is 7.45. The molecule has 1 heterocycles. The van der Waals surface area contributed by atoms with Crippen LogP contribution >= 0.6 is 0 Å². The molecule has 3 rings (SSSR count). The third kappa shape index (κ3) is 3.72. The highest BCUT2D eigenvalue weighted by Gasteiger charge is 2.31. The molecule has 5 nitrogen and oxygen atoms in total. The zero-order valence-electron chi connectivity index (χ0n) is 14.6. The van der Waals surface area contributed by atoms with Crippen LogP contribution in [0.4, 0.5) is 10.1 Å². The molecule has 1 aliphatic rings. The number of likely N-dealkylation sites (tertiary alicyclic amines) is 1. The predicted octanol–water partition coefficient (Wildman–Crippen LogP) is 2.95. The van der Waals surface area contributed by atoms with Gasteiger partial charge in [-0.3, -0.25) is 9.10 Å². The summed E-state index contributed by atoms with van der Waals surface area (Å²) < 4.78 is 41.5. The molecule has 1 amide bonds. The van der Waals surface area contributed by atoms with Crippen molar-refractivity contribution in [3.05, 3.63) is 59.9 Å². The lowest BCUT2D eigenvalue weighted by Gasteiger charge is -2.26. The van der Waals surface area contributed by atoms with E-state index in [9.17, 15) is 17.6 Å². The summed E-state index contributed by atoms with van der Waals surface area (Å²) in [7, 11) is -4.07. The summed E-state index contributed by atoms with van der Waals surface area (Å²) in [5.41, 5.74) is 0.787. The molecule has 0 radical (unpaired) electrons. The van der Waals surface area contributed by atoms with Crippen LogP contribution in [0.3, 0.4) is 0 Å². The van der Waals surface area contributed by atoms with Crippen molar-refractivity contribution in [3.63, 3.8) is 0 Å². The van der Waals surface area contributed by atoms with Gasteiger partial charge in [-0.15, -0.1) is 0 Å². The molecule has 1 saturated heterocycles. The first-order valence-electron chi connectivity index (χ1n) is 8.51. The average Bonchev–Trinajstić information content (AvgIpc) is 3.15. The lowest BCUT2D eigenvalue weighted by Crippen LogP contribution is -2.42. The van der Waals surface area contributed by atoms with Crippen molar-refractivity contribution in [3.8, 4) is 0 Å². The van der Waals surface area contributed by atoms with E-state index in [0.717, 1.165) is 22.7 Å². The minimum atomic E-state index is -4.07. The van der Waals surface area contributed by atoms with Crippen LogP contribution in [0, 0.1) is 12.7 Å². The molecule has 0 spiro atoms. The minimum absolute atomic E-state index is 0.0283. The summed E-state index contributed by atoms with van der Waals surface area (Å²) >= 11 is 0. The van der Waals surface area contributed by atoms with Gasteiger partial charge in [0.15, 0.2) is 0 Å². The second-order valence-corrected chi connectivity index (χ2v) is 8.23. The Morgan fingerprint density at radius 2 is 1.69 bits per heavy atom. The summed E-state index contributed by atoms with van der Waals surface area (Å²) in [5, 5.41) is 0. The first kappa shape index (κ1) is 18.4. The molecule has 0 saturated carbocycles. The maximum Gasteiger partial charge on any atom is 0.264 e. The largest absolute Gasteiger partial charge is 0.341 e. The van der Waals surface area contributed by atoms with Crippen LogP contribution in [-0.2, 0) is 14.8 Å². The number of amides is 1. The maximum absolute atomic E-state index is 14.3. The number of aryl methyl sites for hydroxylation is 1. The fraction of sp³-hybridized carbons (Fsp3) is 0.316. The van der Waals surface area contributed by atoms with Crippen molar-refractivity contribution in [2.45, 2.75) is 24.7 Å². The number of benzene rings is 2. The highest BCUT2D eigenvalue weighted by Crippen LogP contribution is 2.26. The van der Waals surface area contributed by atoms with E-state index in [1.165, 1.54) is 30.3 Å². The van der Waals surface area contributed by atoms with Gasteiger partial charge in [0.1, 0.15) is 12.4 Å². The summed E-state index contributed by atoms with van der Waals surface area (Å²) in [6.45, 7) is 2.64. The molecule has 0 atom stereocenters. The van der Waals surface area contributed by atoms with Crippen LogP contribution in [0.25, 0.3) is 0 Å². The van der Waals surface area contributed by atoms with Crippen LogP contribution in [0.15, 0.2) is 53.4 Å². The van der Waals surface area contributed by atoms with Gasteiger partial charge in [0.05, 0.1) is 10.6 Å². The number of carbonyl (C=O) groups is 1. The van der Waals surface area contributed by atoms with E-state index in [1.54, 1.807) is 23.1 Å². The van der Waals surface area contributed by atoms with Crippen LogP contribution < -0.4 is 4.31 Å². The topological polar surface area (TPSA) is 57.7 Å². The quantitative estimate of drug-likeness (QED) is 0.806. The average molecular weight is 376 g/mol. The van der Waals surface area contributed by atoms with Gasteiger partial charge in [-0.2, -0.15) is 0 Å². The maximum atomic E-state index is 14.3. The van der Waals surface area contributed by atoms with Crippen molar-refractivity contribution in [2.24, 2.45) is 0 Å². The lowest BCUT2D eigenvalue weighted by atomic mass is 10.2. The van der Waals surface area contributed by atoms with Gasteiger partial charge in [-0.1, -0.05) is 29.8 Å². The van der Waals surface area contributed by atoms with E-state index in [0.29, 0.717) is 13.1 Å². The van der Waals surface area contributed by atoms with Gasteiger partial charge in [0.2, 0.25) is 5.91 Å². The summed E-state index contributed by atoms with van der Waals surface area (Å²) in [6, 6.07) is 11.9. The molecule has 0 aromatic heterocycles. The third-order valence-electron chi connectivity index (χ3n) is 4.47. The monoisotopic (exact) mass is 376 g/mol. The van der Waals surface area contributed by atoms with Gasteiger partial charge in [-0.25, -0.2) is 12.8 Å². The Kier molecular flexibility index (Phi) is 5.27. The first-order chi connectivity index (χ1) is 12.4. The number of sulfonamides is 1.